The van der Waals surface area contributed by atoms with Gasteiger partial charge in [0.1, 0.15) is 12.4 Å². The molecule has 0 aliphatic heterocycles. The lowest BCUT2D eigenvalue weighted by atomic mass is 10.4. The van der Waals surface area contributed by atoms with Crippen LogP contribution >= 0.6 is 0 Å². The molecule has 13 heavy (non-hydrogen) atoms. The summed E-state index contributed by atoms with van der Waals surface area (Å²) in [5, 5.41) is 0. The quantitative estimate of drug-likeness (QED) is 0.658. The van der Waals surface area contributed by atoms with Crippen molar-refractivity contribution in [2.45, 2.75) is 13.5 Å². The van der Waals surface area contributed by atoms with Gasteiger partial charge in [-0.1, -0.05) is 0 Å². The van der Waals surface area contributed by atoms with Gasteiger partial charge in [0.15, 0.2) is 0 Å². The molecule has 0 aromatic carbocycles. The SMILES string of the molecule is Cc1nccc(COS(C)(=O)=O)n1. The van der Waals surface area contributed by atoms with E-state index in [1.54, 1.807) is 19.2 Å². The zero-order valence-corrected chi connectivity index (χ0v) is 8.21. The highest BCUT2D eigenvalue weighted by Gasteiger charge is 2.03. The maximum atomic E-state index is 10.6. The minimum Gasteiger partial charge on any atom is -0.264 e. The van der Waals surface area contributed by atoms with Crippen LogP contribution in [0.3, 0.4) is 0 Å². The van der Waals surface area contributed by atoms with E-state index < -0.39 is 10.1 Å². The van der Waals surface area contributed by atoms with Gasteiger partial charge in [0.25, 0.3) is 10.1 Å². The van der Waals surface area contributed by atoms with Gasteiger partial charge in [-0.15, -0.1) is 0 Å². The molecular weight excluding hydrogens is 192 g/mol. The number of hydrogen-bond donors (Lipinski definition) is 0. The van der Waals surface area contributed by atoms with E-state index in [1.165, 1.54) is 0 Å². The van der Waals surface area contributed by atoms with E-state index in [1.807, 2.05) is 0 Å². The van der Waals surface area contributed by atoms with Gasteiger partial charge in [-0.25, -0.2) is 9.97 Å². The van der Waals surface area contributed by atoms with Gasteiger partial charge in [-0.2, -0.15) is 8.42 Å². The van der Waals surface area contributed by atoms with Crippen LogP contribution in [0.15, 0.2) is 12.3 Å². The lowest BCUT2D eigenvalue weighted by molar-refractivity contribution is 0.306. The van der Waals surface area contributed by atoms with Gasteiger partial charge in [0, 0.05) is 6.20 Å². The molecule has 1 rings (SSSR count). The third kappa shape index (κ3) is 3.95. The van der Waals surface area contributed by atoms with Crippen molar-refractivity contribution in [2.24, 2.45) is 0 Å². The van der Waals surface area contributed by atoms with Crippen molar-refractivity contribution in [1.29, 1.82) is 0 Å². The Morgan fingerprint density at radius 2 is 2.23 bits per heavy atom. The van der Waals surface area contributed by atoms with Crippen LogP contribution in [0, 0.1) is 6.92 Å². The van der Waals surface area contributed by atoms with Crippen LogP contribution < -0.4 is 0 Å². The molecule has 0 radical (unpaired) electrons. The molecule has 0 aliphatic rings. The smallest absolute Gasteiger partial charge is 0.264 e. The fraction of sp³-hybridized carbons (Fsp3) is 0.429. The van der Waals surface area contributed by atoms with Crippen LogP contribution in [-0.2, 0) is 20.9 Å². The summed E-state index contributed by atoms with van der Waals surface area (Å²) in [7, 11) is -3.40. The highest BCUT2D eigenvalue weighted by molar-refractivity contribution is 7.85. The normalized spacial score (nSPS) is 11.5. The molecule has 0 unspecified atom stereocenters. The van der Waals surface area contributed by atoms with E-state index in [0.717, 1.165) is 6.26 Å². The Morgan fingerprint density at radius 1 is 1.54 bits per heavy atom. The van der Waals surface area contributed by atoms with Gasteiger partial charge in [0.2, 0.25) is 0 Å². The minimum atomic E-state index is -3.40. The number of rotatable bonds is 3. The standard InChI is InChI=1S/C7H10N2O3S/c1-6-8-4-3-7(9-6)5-12-13(2,10)11/h3-4H,5H2,1-2H3. The van der Waals surface area contributed by atoms with Gasteiger partial charge in [-0.05, 0) is 13.0 Å². The van der Waals surface area contributed by atoms with E-state index in [9.17, 15) is 8.42 Å². The van der Waals surface area contributed by atoms with Crippen LogP contribution in [0.1, 0.15) is 11.5 Å². The first-order chi connectivity index (χ1) is 5.97. The summed E-state index contributed by atoms with van der Waals surface area (Å²) in [6, 6.07) is 1.61. The van der Waals surface area contributed by atoms with Crippen LogP contribution in [-0.4, -0.2) is 24.6 Å². The second-order valence-electron chi connectivity index (χ2n) is 2.56. The molecule has 0 N–H and O–H groups in total. The van der Waals surface area contributed by atoms with E-state index >= 15 is 0 Å². The Kier molecular flexibility index (Phi) is 2.94. The van der Waals surface area contributed by atoms with Gasteiger partial charge >= 0.3 is 0 Å². The lowest BCUT2D eigenvalue weighted by Gasteiger charge is -2.00. The van der Waals surface area contributed by atoms with Crippen molar-refractivity contribution in [3.63, 3.8) is 0 Å². The van der Waals surface area contributed by atoms with Crippen molar-refractivity contribution in [1.82, 2.24) is 9.97 Å². The van der Waals surface area contributed by atoms with Gasteiger partial charge in [-0.3, -0.25) is 4.18 Å². The Balaban J connectivity index is 2.65. The zero-order chi connectivity index (χ0) is 9.90. The molecule has 1 aromatic heterocycles. The van der Waals surface area contributed by atoms with Crippen molar-refractivity contribution in [3.8, 4) is 0 Å². The zero-order valence-electron chi connectivity index (χ0n) is 7.39. The fourth-order valence-corrected chi connectivity index (χ4v) is 1.09. The van der Waals surface area contributed by atoms with Crippen LogP contribution in [0.5, 0.6) is 0 Å². The molecule has 1 heterocycles. The molecule has 6 heteroatoms. The first-order valence-electron chi connectivity index (χ1n) is 3.60. The fourth-order valence-electron chi connectivity index (χ4n) is 0.753. The van der Waals surface area contributed by atoms with Crippen LogP contribution in [0.4, 0.5) is 0 Å². The van der Waals surface area contributed by atoms with Crippen molar-refractivity contribution < 1.29 is 12.6 Å². The lowest BCUT2D eigenvalue weighted by Crippen LogP contribution is -2.04. The largest absolute Gasteiger partial charge is 0.264 e. The number of nitrogens with zero attached hydrogens (tertiary/aromatic N) is 2. The summed E-state index contributed by atoms with van der Waals surface area (Å²) in [6.07, 6.45) is 2.56. The molecule has 0 bridgehead atoms. The first kappa shape index (κ1) is 10.1. The van der Waals surface area contributed by atoms with Crippen LogP contribution in [0.2, 0.25) is 0 Å². The van der Waals surface area contributed by atoms with E-state index in [2.05, 4.69) is 14.2 Å². The summed E-state index contributed by atoms with van der Waals surface area (Å²) in [4.78, 5) is 7.84. The second-order valence-corrected chi connectivity index (χ2v) is 4.21. The molecule has 1 aromatic rings. The summed E-state index contributed by atoms with van der Waals surface area (Å²) in [5.41, 5.74) is 0.554. The molecule has 0 saturated carbocycles. The highest BCUT2D eigenvalue weighted by atomic mass is 32.2. The number of aryl methyl sites for hydroxylation is 1. The molecule has 5 nitrogen and oxygen atoms in total. The molecule has 0 fully saturated rings. The summed E-state index contributed by atoms with van der Waals surface area (Å²) in [6.45, 7) is 1.69. The molecule has 0 amide bonds. The molecule has 0 aliphatic carbocycles. The average Bonchev–Trinajstić information content (AvgIpc) is 2.00. The average molecular weight is 202 g/mol. The predicted molar refractivity (Wildman–Crippen MR) is 46.4 cm³/mol. The van der Waals surface area contributed by atoms with Crippen molar-refractivity contribution in [2.75, 3.05) is 6.26 Å². The van der Waals surface area contributed by atoms with Crippen molar-refractivity contribution >= 4 is 10.1 Å². The third-order valence-corrected chi connectivity index (χ3v) is 1.80. The summed E-state index contributed by atoms with van der Waals surface area (Å²) in [5.74, 6) is 0.592. The molecule has 0 saturated heterocycles. The van der Waals surface area contributed by atoms with E-state index in [4.69, 9.17) is 0 Å². The van der Waals surface area contributed by atoms with Crippen molar-refractivity contribution in [3.05, 3.63) is 23.8 Å². The Bertz CT molecular complexity index is 388. The van der Waals surface area contributed by atoms with E-state index in [-0.39, 0.29) is 6.61 Å². The van der Waals surface area contributed by atoms with Gasteiger partial charge < -0.3 is 0 Å². The molecule has 0 spiro atoms. The first-order valence-corrected chi connectivity index (χ1v) is 5.42. The predicted octanol–water partition coefficient (Wildman–Crippen LogP) is 0.261. The Morgan fingerprint density at radius 3 is 2.77 bits per heavy atom. The maximum absolute atomic E-state index is 10.6. The monoisotopic (exact) mass is 202 g/mol. The third-order valence-electron chi connectivity index (χ3n) is 1.25. The summed E-state index contributed by atoms with van der Waals surface area (Å²) >= 11 is 0. The molecule has 72 valence electrons. The van der Waals surface area contributed by atoms with Crippen LogP contribution in [0.25, 0.3) is 0 Å². The Hall–Kier alpha value is -1.01. The highest BCUT2D eigenvalue weighted by Crippen LogP contribution is 1.99. The number of aromatic nitrogens is 2. The van der Waals surface area contributed by atoms with Gasteiger partial charge in [0.05, 0.1) is 11.9 Å². The topological polar surface area (TPSA) is 69.2 Å². The summed E-state index contributed by atoms with van der Waals surface area (Å²) < 4.78 is 25.8. The maximum Gasteiger partial charge on any atom is 0.264 e. The number of hydrogen-bond acceptors (Lipinski definition) is 5. The second kappa shape index (κ2) is 3.80. The molecule has 0 atom stereocenters. The Labute approximate surface area is 76.9 Å². The van der Waals surface area contributed by atoms with E-state index in [0.29, 0.717) is 11.5 Å². The molecular formula is C7H10N2O3S. The minimum absolute atomic E-state index is 0.0395.